The van der Waals surface area contributed by atoms with Gasteiger partial charge >= 0.3 is 0 Å². The molecule has 0 spiro atoms. The summed E-state index contributed by atoms with van der Waals surface area (Å²) in [7, 11) is 0. The number of nitrogens with zero attached hydrogens (tertiary/aromatic N) is 1. The molecule has 0 bridgehead atoms. The minimum absolute atomic E-state index is 0. The monoisotopic (exact) mass is 292 g/mol. The van der Waals surface area contributed by atoms with Crippen LogP contribution in [0.15, 0.2) is 23.0 Å². The molecule has 5 heteroatoms. The minimum atomic E-state index is 0. The summed E-state index contributed by atoms with van der Waals surface area (Å²) in [5, 5.41) is 3.42. The van der Waals surface area contributed by atoms with Crippen molar-refractivity contribution in [1.82, 2.24) is 10.2 Å². The van der Waals surface area contributed by atoms with E-state index in [1.807, 2.05) is 12.5 Å². The lowest BCUT2D eigenvalue weighted by molar-refractivity contribution is 0.0833. The normalized spacial score (nSPS) is 22.4. The van der Waals surface area contributed by atoms with E-state index >= 15 is 0 Å². The molecule has 0 unspecified atom stereocenters. The average Bonchev–Trinajstić information content (AvgIpc) is 2.77. The fourth-order valence-corrected chi connectivity index (χ4v) is 2.94. The molecule has 1 N–H and O–H groups in total. The molecule has 1 saturated heterocycles. The molecule has 1 atom stereocenters. The molecule has 3 nitrogen and oxygen atoms in total. The van der Waals surface area contributed by atoms with Gasteiger partial charge in [0.15, 0.2) is 0 Å². The first-order valence-corrected chi connectivity index (χ1v) is 6.42. The van der Waals surface area contributed by atoms with Gasteiger partial charge in [-0.3, -0.25) is 4.90 Å². The number of halogens is 2. The highest BCUT2D eigenvalue weighted by Crippen LogP contribution is 2.41. The smallest absolute Gasteiger partial charge is 0.0950 e. The molecule has 1 aliphatic carbocycles. The van der Waals surface area contributed by atoms with Gasteiger partial charge < -0.3 is 9.73 Å². The fraction of sp³-hybridized carbons (Fsp3) is 0.692. The summed E-state index contributed by atoms with van der Waals surface area (Å²) in [5.74, 6) is 0.857. The van der Waals surface area contributed by atoms with Gasteiger partial charge in [-0.15, -0.1) is 24.8 Å². The first kappa shape index (κ1) is 15.8. The molecular formula is C13H22Cl2N2O. The molecule has 2 heterocycles. The molecule has 3 rings (SSSR count). The zero-order chi connectivity index (χ0) is 10.8. The van der Waals surface area contributed by atoms with Crippen LogP contribution in [-0.4, -0.2) is 31.1 Å². The molecule has 2 aliphatic rings. The Balaban J connectivity index is 0.000000810. The van der Waals surface area contributed by atoms with Crippen molar-refractivity contribution in [3.8, 4) is 0 Å². The number of hydrogen-bond donors (Lipinski definition) is 1. The van der Waals surface area contributed by atoms with Crippen LogP contribution in [0.4, 0.5) is 0 Å². The van der Waals surface area contributed by atoms with Crippen molar-refractivity contribution in [2.24, 2.45) is 5.92 Å². The van der Waals surface area contributed by atoms with E-state index in [0.717, 1.165) is 19.0 Å². The predicted molar refractivity (Wildman–Crippen MR) is 77.7 cm³/mol. The summed E-state index contributed by atoms with van der Waals surface area (Å²) in [6.45, 7) is 4.60. The summed E-state index contributed by atoms with van der Waals surface area (Å²) in [6.07, 6.45) is 7.93. The highest BCUT2D eigenvalue weighted by Gasteiger charge is 2.33. The van der Waals surface area contributed by atoms with Crippen molar-refractivity contribution in [3.05, 3.63) is 24.2 Å². The molecule has 1 aliphatic heterocycles. The second kappa shape index (κ2) is 7.39. The van der Waals surface area contributed by atoms with E-state index < -0.39 is 0 Å². The number of rotatable bonds is 3. The van der Waals surface area contributed by atoms with Crippen molar-refractivity contribution >= 4 is 24.8 Å². The van der Waals surface area contributed by atoms with Crippen molar-refractivity contribution in [2.75, 3.05) is 26.2 Å². The third-order valence-electron chi connectivity index (χ3n) is 4.03. The van der Waals surface area contributed by atoms with Crippen molar-refractivity contribution in [1.29, 1.82) is 0 Å². The molecule has 1 aromatic rings. The summed E-state index contributed by atoms with van der Waals surface area (Å²) >= 11 is 0. The Labute approximate surface area is 121 Å². The lowest BCUT2D eigenvalue weighted by atomic mass is 9.77. The van der Waals surface area contributed by atoms with Gasteiger partial charge in [-0.2, -0.15) is 0 Å². The van der Waals surface area contributed by atoms with Gasteiger partial charge in [-0.25, -0.2) is 0 Å². The van der Waals surface area contributed by atoms with Crippen LogP contribution in [0.5, 0.6) is 0 Å². The first-order chi connectivity index (χ1) is 7.95. The van der Waals surface area contributed by atoms with Gasteiger partial charge in [-0.1, -0.05) is 6.42 Å². The summed E-state index contributed by atoms with van der Waals surface area (Å²) in [4.78, 5) is 2.63. The van der Waals surface area contributed by atoms with E-state index in [0.29, 0.717) is 6.04 Å². The molecule has 0 aromatic carbocycles. The third-order valence-corrected chi connectivity index (χ3v) is 4.03. The second-order valence-corrected chi connectivity index (χ2v) is 4.98. The Morgan fingerprint density at radius 1 is 1.22 bits per heavy atom. The molecule has 2 fully saturated rings. The molecule has 104 valence electrons. The zero-order valence-electron chi connectivity index (χ0n) is 10.5. The highest BCUT2D eigenvalue weighted by molar-refractivity contribution is 5.85. The third kappa shape index (κ3) is 3.21. The van der Waals surface area contributed by atoms with Crippen LogP contribution in [0.1, 0.15) is 30.9 Å². The summed E-state index contributed by atoms with van der Waals surface area (Å²) < 4.78 is 5.26. The van der Waals surface area contributed by atoms with Crippen molar-refractivity contribution in [2.45, 2.75) is 25.3 Å². The zero-order valence-corrected chi connectivity index (χ0v) is 12.1. The number of nitrogens with one attached hydrogen (secondary N) is 1. The molecule has 0 radical (unpaired) electrons. The van der Waals surface area contributed by atoms with E-state index in [-0.39, 0.29) is 24.8 Å². The standard InChI is InChI=1S/C13H20N2O.2ClH/c1-2-11(3-1)13(12-4-9-16-10-12)15-7-5-14-6-8-15;;/h4,9-11,13-14H,1-3,5-8H2;2*1H/t13-;;/m0../s1. The largest absolute Gasteiger partial charge is 0.472 e. The first-order valence-electron chi connectivity index (χ1n) is 6.42. The fourth-order valence-electron chi connectivity index (χ4n) is 2.94. The van der Waals surface area contributed by atoms with Gasteiger partial charge in [0.1, 0.15) is 0 Å². The van der Waals surface area contributed by atoms with E-state index in [4.69, 9.17) is 4.42 Å². The molecule has 0 amide bonds. The number of piperazine rings is 1. The van der Waals surface area contributed by atoms with Crippen LogP contribution in [0, 0.1) is 5.92 Å². The van der Waals surface area contributed by atoms with Crippen LogP contribution in [-0.2, 0) is 0 Å². The second-order valence-electron chi connectivity index (χ2n) is 4.98. The quantitative estimate of drug-likeness (QED) is 0.929. The van der Waals surface area contributed by atoms with Gasteiger partial charge in [0.2, 0.25) is 0 Å². The maximum Gasteiger partial charge on any atom is 0.0950 e. The molecule has 1 saturated carbocycles. The van der Waals surface area contributed by atoms with E-state index in [2.05, 4.69) is 16.3 Å². The Morgan fingerprint density at radius 2 is 1.94 bits per heavy atom. The van der Waals surface area contributed by atoms with Gasteiger partial charge in [0.05, 0.1) is 12.5 Å². The van der Waals surface area contributed by atoms with Gasteiger partial charge in [0.25, 0.3) is 0 Å². The maximum absolute atomic E-state index is 5.26. The Morgan fingerprint density at radius 3 is 2.44 bits per heavy atom. The van der Waals surface area contributed by atoms with Crippen molar-refractivity contribution < 1.29 is 4.42 Å². The highest BCUT2D eigenvalue weighted by atomic mass is 35.5. The van der Waals surface area contributed by atoms with Crippen LogP contribution in [0.25, 0.3) is 0 Å². The summed E-state index contributed by atoms with van der Waals surface area (Å²) in [6, 6.07) is 2.75. The summed E-state index contributed by atoms with van der Waals surface area (Å²) in [5.41, 5.74) is 1.38. The van der Waals surface area contributed by atoms with Crippen LogP contribution in [0.3, 0.4) is 0 Å². The van der Waals surface area contributed by atoms with Gasteiger partial charge in [0, 0.05) is 37.8 Å². The Bertz CT molecular complexity index is 322. The van der Waals surface area contributed by atoms with Crippen LogP contribution in [0.2, 0.25) is 0 Å². The Hall–Kier alpha value is -0.220. The Kier molecular flexibility index (Phi) is 6.50. The SMILES string of the molecule is Cl.Cl.c1cc([C@H](C2CCC2)N2CCNCC2)co1. The lowest BCUT2D eigenvalue weighted by Gasteiger charge is -2.42. The van der Waals surface area contributed by atoms with E-state index in [9.17, 15) is 0 Å². The van der Waals surface area contributed by atoms with Crippen LogP contribution >= 0.6 is 24.8 Å². The molecule has 18 heavy (non-hydrogen) atoms. The predicted octanol–water partition coefficient (Wildman–Crippen LogP) is 2.87. The topological polar surface area (TPSA) is 28.4 Å². The number of furan rings is 1. The van der Waals surface area contributed by atoms with Gasteiger partial charge in [-0.05, 0) is 24.8 Å². The minimum Gasteiger partial charge on any atom is -0.472 e. The van der Waals surface area contributed by atoms with Crippen LogP contribution < -0.4 is 5.32 Å². The molecule has 1 aromatic heterocycles. The van der Waals surface area contributed by atoms with Crippen molar-refractivity contribution in [3.63, 3.8) is 0 Å². The number of hydrogen-bond acceptors (Lipinski definition) is 3. The lowest BCUT2D eigenvalue weighted by Crippen LogP contribution is -2.47. The van der Waals surface area contributed by atoms with E-state index in [1.54, 1.807) is 0 Å². The maximum atomic E-state index is 5.26. The molecular weight excluding hydrogens is 271 g/mol. The van der Waals surface area contributed by atoms with E-state index in [1.165, 1.54) is 37.9 Å². The average molecular weight is 293 g/mol.